The average Bonchev–Trinajstić information content (AvgIpc) is 2.85. The van der Waals surface area contributed by atoms with E-state index in [9.17, 15) is 14.9 Å². The summed E-state index contributed by atoms with van der Waals surface area (Å²) in [6.45, 7) is 6.55. The van der Waals surface area contributed by atoms with E-state index in [1.807, 2.05) is 43.3 Å². The predicted octanol–water partition coefficient (Wildman–Crippen LogP) is 4.99. The van der Waals surface area contributed by atoms with Gasteiger partial charge in [0.1, 0.15) is 6.61 Å². The van der Waals surface area contributed by atoms with Crippen molar-refractivity contribution in [3.8, 4) is 11.5 Å². The van der Waals surface area contributed by atoms with Gasteiger partial charge in [0.2, 0.25) is 5.91 Å². The van der Waals surface area contributed by atoms with Crippen molar-refractivity contribution in [3.63, 3.8) is 0 Å². The molecule has 8 heteroatoms. The number of carbonyl (C=O) groups is 1. The highest BCUT2D eigenvalue weighted by Crippen LogP contribution is 2.34. The van der Waals surface area contributed by atoms with Crippen LogP contribution in [0.15, 0.2) is 84.5 Å². The third-order valence-corrected chi connectivity index (χ3v) is 4.99. The molecule has 0 aromatic heterocycles. The molecule has 0 atom stereocenters. The fourth-order valence-electron chi connectivity index (χ4n) is 3.45. The van der Waals surface area contributed by atoms with Crippen LogP contribution in [0.5, 0.6) is 11.5 Å². The first-order valence-electron chi connectivity index (χ1n) is 11.1. The molecule has 0 heterocycles. The largest absolute Gasteiger partial charge is 0.490 e. The Morgan fingerprint density at radius 1 is 1.09 bits per heavy atom. The lowest BCUT2D eigenvalue weighted by molar-refractivity contribution is -0.385. The van der Waals surface area contributed by atoms with Crippen molar-refractivity contribution in [2.75, 3.05) is 6.61 Å². The fourth-order valence-corrected chi connectivity index (χ4v) is 3.45. The molecule has 0 fully saturated rings. The molecule has 0 aliphatic heterocycles. The highest BCUT2D eigenvalue weighted by atomic mass is 16.6. The summed E-state index contributed by atoms with van der Waals surface area (Å²) >= 11 is 0. The summed E-state index contributed by atoms with van der Waals surface area (Å²) in [5.41, 5.74) is 5.24. The maximum Gasteiger partial charge on any atom is 0.273 e. The Balaban J connectivity index is 1.75. The van der Waals surface area contributed by atoms with Gasteiger partial charge >= 0.3 is 0 Å². The Morgan fingerprint density at radius 3 is 2.54 bits per heavy atom. The third kappa shape index (κ3) is 7.26. The Kier molecular flexibility index (Phi) is 9.13. The van der Waals surface area contributed by atoms with Crippen molar-refractivity contribution >= 4 is 17.8 Å². The number of benzene rings is 3. The lowest BCUT2D eigenvalue weighted by Gasteiger charge is -2.16. The Morgan fingerprint density at radius 2 is 1.83 bits per heavy atom. The second kappa shape index (κ2) is 12.7. The summed E-state index contributed by atoms with van der Waals surface area (Å²) in [5, 5.41) is 15.2. The lowest BCUT2D eigenvalue weighted by Crippen LogP contribution is -2.20. The second-order valence-corrected chi connectivity index (χ2v) is 7.56. The zero-order chi connectivity index (χ0) is 25.0. The number of nitrogens with one attached hydrogen (secondary N) is 1. The standard InChI is InChI=1S/C27H27N3O5/c1-3-10-23-15-21(16-25(34-4-2)27(23)35-19-20-11-6-5-7-12-20)18-28-29-26(31)17-22-13-8-9-14-24(22)30(32)33/h3,5-9,11-16,18H,1,4,10,17,19H2,2H3,(H,29,31). The van der Waals surface area contributed by atoms with Crippen molar-refractivity contribution in [2.45, 2.75) is 26.4 Å². The number of allylic oxidation sites excluding steroid dienone is 1. The number of para-hydroxylation sites is 1. The number of nitro groups is 1. The monoisotopic (exact) mass is 473 g/mol. The van der Waals surface area contributed by atoms with E-state index in [0.29, 0.717) is 42.3 Å². The van der Waals surface area contributed by atoms with Gasteiger partial charge < -0.3 is 9.47 Å². The molecule has 0 saturated carbocycles. The summed E-state index contributed by atoms with van der Waals surface area (Å²) in [6.07, 6.45) is 3.66. The molecule has 3 rings (SSSR count). The van der Waals surface area contributed by atoms with E-state index in [4.69, 9.17) is 9.47 Å². The van der Waals surface area contributed by atoms with Crippen LogP contribution in [0.3, 0.4) is 0 Å². The summed E-state index contributed by atoms with van der Waals surface area (Å²) in [5.74, 6) is 0.735. The smallest absolute Gasteiger partial charge is 0.273 e. The quantitative estimate of drug-likeness (QED) is 0.173. The molecule has 0 aliphatic rings. The van der Waals surface area contributed by atoms with E-state index < -0.39 is 10.8 Å². The molecule has 1 N–H and O–H groups in total. The van der Waals surface area contributed by atoms with Crippen LogP contribution in [0.25, 0.3) is 0 Å². The molecular formula is C27H27N3O5. The number of hydrogen-bond acceptors (Lipinski definition) is 6. The van der Waals surface area contributed by atoms with Gasteiger partial charge in [0.05, 0.1) is 24.2 Å². The van der Waals surface area contributed by atoms with Gasteiger partial charge in [0.15, 0.2) is 11.5 Å². The summed E-state index contributed by atoms with van der Waals surface area (Å²) in [6, 6.07) is 19.6. The molecule has 0 aliphatic carbocycles. The van der Waals surface area contributed by atoms with Crippen molar-refractivity contribution in [1.82, 2.24) is 5.43 Å². The Labute approximate surface area is 204 Å². The first-order chi connectivity index (χ1) is 17.0. The number of hydrogen-bond donors (Lipinski definition) is 1. The summed E-state index contributed by atoms with van der Waals surface area (Å²) in [7, 11) is 0. The maximum atomic E-state index is 12.3. The van der Waals surface area contributed by atoms with E-state index in [2.05, 4.69) is 17.1 Å². The molecule has 0 unspecified atom stereocenters. The number of nitrogens with zero attached hydrogens (tertiary/aromatic N) is 2. The van der Waals surface area contributed by atoms with Gasteiger partial charge in [-0.15, -0.1) is 6.58 Å². The Bertz CT molecular complexity index is 1210. The molecule has 1 amide bonds. The van der Waals surface area contributed by atoms with Crippen LogP contribution in [0.4, 0.5) is 5.69 Å². The van der Waals surface area contributed by atoms with E-state index in [0.717, 1.165) is 11.1 Å². The van der Waals surface area contributed by atoms with Crippen molar-refractivity contribution in [3.05, 3.63) is 112 Å². The van der Waals surface area contributed by atoms with Crippen molar-refractivity contribution in [2.24, 2.45) is 5.10 Å². The van der Waals surface area contributed by atoms with E-state index in [1.54, 1.807) is 30.3 Å². The predicted molar refractivity (Wildman–Crippen MR) is 135 cm³/mol. The van der Waals surface area contributed by atoms with Crippen LogP contribution in [-0.2, 0) is 24.2 Å². The lowest BCUT2D eigenvalue weighted by atomic mass is 10.1. The molecule has 35 heavy (non-hydrogen) atoms. The molecule has 0 spiro atoms. The van der Waals surface area contributed by atoms with Crippen LogP contribution in [0.2, 0.25) is 0 Å². The minimum absolute atomic E-state index is 0.104. The molecule has 8 nitrogen and oxygen atoms in total. The highest BCUT2D eigenvalue weighted by molar-refractivity contribution is 5.85. The molecule has 3 aromatic carbocycles. The van der Waals surface area contributed by atoms with Crippen LogP contribution < -0.4 is 14.9 Å². The van der Waals surface area contributed by atoms with Gasteiger partial charge in [-0.2, -0.15) is 5.10 Å². The van der Waals surface area contributed by atoms with Crippen LogP contribution in [-0.4, -0.2) is 23.7 Å². The normalized spacial score (nSPS) is 10.7. The first kappa shape index (κ1) is 25.2. The number of hydrazone groups is 1. The van der Waals surface area contributed by atoms with Gasteiger partial charge in [-0.3, -0.25) is 14.9 Å². The van der Waals surface area contributed by atoms with Crippen LogP contribution in [0, 0.1) is 10.1 Å². The van der Waals surface area contributed by atoms with Crippen molar-refractivity contribution < 1.29 is 19.2 Å². The fraction of sp³-hybridized carbons (Fsp3) is 0.185. The molecule has 0 bridgehead atoms. The maximum absolute atomic E-state index is 12.3. The topological polar surface area (TPSA) is 103 Å². The van der Waals surface area contributed by atoms with Gasteiger partial charge in [0.25, 0.3) is 5.69 Å². The van der Waals surface area contributed by atoms with Gasteiger partial charge in [-0.05, 0) is 36.6 Å². The Hall–Kier alpha value is -4.46. The summed E-state index contributed by atoms with van der Waals surface area (Å²) < 4.78 is 11.9. The summed E-state index contributed by atoms with van der Waals surface area (Å²) in [4.78, 5) is 22.9. The van der Waals surface area contributed by atoms with Gasteiger partial charge in [0, 0.05) is 17.2 Å². The zero-order valence-electron chi connectivity index (χ0n) is 19.5. The minimum Gasteiger partial charge on any atom is -0.490 e. The van der Waals surface area contributed by atoms with Gasteiger partial charge in [-0.1, -0.05) is 54.6 Å². The van der Waals surface area contributed by atoms with Crippen LogP contribution in [0.1, 0.15) is 29.2 Å². The molecule has 0 saturated heterocycles. The number of nitro benzene ring substituents is 1. The number of rotatable bonds is 12. The van der Waals surface area contributed by atoms with E-state index in [1.165, 1.54) is 12.3 Å². The van der Waals surface area contributed by atoms with Crippen LogP contribution >= 0.6 is 0 Å². The molecule has 3 aromatic rings. The molecule has 180 valence electrons. The SMILES string of the molecule is C=CCc1cc(C=NNC(=O)Cc2ccccc2[N+](=O)[O-])cc(OCC)c1OCc1ccccc1. The highest BCUT2D eigenvalue weighted by Gasteiger charge is 2.16. The van der Waals surface area contributed by atoms with Gasteiger partial charge in [-0.25, -0.2) is 5.43 Å². The first-order valence-corrected chi connectivity index (χ1v) is 11.1. The molecule has 0 radical (unpaired) electrons. The molecular weight excluding hydrogens is 446 g/mol. The van der Waals surface area contributed by atoms with Crippen molar-refractivity contribution in [1.29, 1.82) is 0 Å². The average molecular weight is 474 g/mol. The minimum atomic E-state index is -0.510. The van der Waals surface area contributed by atoms with E-state index in [-0.39, 0.29) is 12.1 Å². The number of carbonyl (C=O) groups excluding carboxylic acids is 1. The van der Waals surface area contributed by atoms with E-state index >= 15 is 0 Å². The second-order valence-electron chi connectivity index (χ2n) is 7.56. The third-order valence-electron chi connectivity index (χ3n) is 4.99. The zero-order valence-corrected chi connectivity index (χ0v) is 19.5. The number of amides is 1. The number of ether oxygens (including phenoxy) is 2.